The number of urea groups is 1. The Labute approximate surface area is 132 Å². The van der Waals surface area contributed by atoms with Crippen molar-refractivity contribution in [1.82, 2.24) is 15.5 Å². The molecule has 0 bridgehead atoms. The second-order valence-electron chi connectivity index (χ2n) is 4.95. The number of imide groups is 1. The highest BCUT2D eigenvalue weighted by Gasteiger charge is 2.27. The Hall–Kier alpha value is -2.90. The summed E-state index contributed by atoms with van der Waals surface area (Å²) in [7, 11) is 0. The van der Waals surface area contributed by atoms with E-state index in [-0.39, 0.29) is 6.54 Å². The molecule has 0 aromatic heterocycles. The van der Waals surface area contributed by atoms with Gasteiger partial charge >= 0.3 is 12.0 Å². The van der Waals surface area contributed by atoms with Crippen molar-refractivity contribution in [2.75, 3.05) is 19.7 Å². The van der Waals surface area contributed by atoms with Crippen LogP contribution < -0.4 is 10.6 Å². The van der Waals surface area contributed by atoms with E-state index in [0.717, 1.165) is 4.90 Å². The van der Waals surface area contributed by atoms with Crippen LogP contribution in [0.5, 0.6) is 0 Å². The molecule has 1 aromatic carbocycles. The number of hydrogen-bond donors (Lipinski definition) is 2. The van der Waals surface area contributed by atoms with Crippen molar-refractivity contribution in [2.45, 2.75) is 13.0 Å². The normalized spacial score (nSPS) is 14.8. The molecule has 4 amide bonds. The Bertz CT molecular complexity index is 617. The zero-order valence-corrected chi connectivity index (χ0v) is 12.6. The molecule has 0 unspecified atom stereocenters. The lowest BCUT2D eigenvalue weighted by Crippen LogP contribution is -2.42. The molecular weight excluding hydrogens is 302 g/mol. The summed E-state index contributed by atoms with van der Waals surface area (Å²) in [6.07, 6.45) is 0. The first-order valence-corrected chi connectivity index (χ1v) is 7.10. The van der Waals surface area contributed by atoms with E-state index < -0.39 is 36.5 Å². The molecule has 1 aliphatic heterocycles. The minimum absolute atomic E-state index is 0.246. The molecule has 8 heteroatoms. The van der Waals surface area contributed by atoms with Crippen LogP contribution in [0, 0.1) is 0 Å². The maximum absolute atomic E-state index is 11.9. The zero-order valence-electron chi connectivity index (χ0n) is 12.6. The first kappa shape index (κ1) is 16.5. The maximum Gasteiger partial charge on any atom is 0.328 e. The third-order valence-electron chi connectivity index (χ3n) is 3.23. The Kier molecular flexibility index (Phi) is 5.29. The molecule has 0 radical (unpaired) electrons. The molecule has 0 spiro atoms. The van der Waals surface area contributed by atoms with Crippen LogP contribution in [0.25, 0.3) is 0 Å². The number of rotatable bonds is 5. The van der Waals surface area contributed by atoms with E-state index in [1.54, 1.807) is 30.3 Å². The zero-order chi connectivity index (χ0) is 16.8. The Morgan fingerprint density at radius 2 is 2.00 bits per heavy atom. The molecule has 2 N–H and O–H groups in total. The van der Waals surface area contributed by atoms with Crippen molar-refractivity contribution in [3.8, 4) is 0 Å². The molecule has 2 rings (SSSR count). The van der Waals surface area contributed by atoms with E-state index in [1.165, 1.54) is 6.92 Å². The molecule has 1 aliphatic rings. The topological polar surface area (TPSA) is 105 Å². The summed E-state index contributed by atoms with van der Waals surface area (Å²) in [5.74, 6) is -1.77. The number of hydrogen-bond acceptors (Lipinski definition) is 5. The van der Waals surface area contributed by atoms with Gasteiger partial charge in [0.2, 0.25) is 0 Å². The van der Waals surface area contributed by atoms with Gasteiger partial charge in [-0.25, -0.2) is 9.59 Å². The fourth-order valence-corrected chi connectivity index (χ4v) is 1.97. The summed E-state index contributed by atoms with van der Waals surface area (Å²) in [6, 6.07) is 7.00. The summed E-state index contributed by atoms with van der Waals surface area (Å²) < 4.78 is 4.84. The predicted molar refractivity (Wildman–Crippen MR) is 79.4 cm³/mol. The summed E-state index contributed by atoms with van der Waals surface area (Å²) in [4.78, 5) is 47.7. The molecule has 1 fully saturated rings. The summed E-state index contributed by atoms with van der Waals surface area (Å²) in [5, 5.41) is 4.95. The number of amides is 4. The van der Waals surface area contributed by atoms with E-state index in [2.05, 4.69) is 10.6 Å². The van der Waals surface area contributed by atoms with Crippen LogP contribution >= 0.6 is 0 Å². The fourth-order valence-electron chi connectivity index (χ4n) is 1.97. The second kappa shape index (κ2) is 7.39. The van der Waals surface area contributed by atoms with Crippen LogP contribution in [0.1, 0.15) is 17.3 Å². The third kappa shape index (κ3) is 4.29. The molecule has 0 saturated carbocycles. The van der Waals surface area contributed by atoms with Crippen molar-refractivity contribution >= 4 is 23.8 Å². The molecule has 8 nitrogen and oxygen atoms in total. The van der Waals surface area contributed by atoms with Gasteiger partial charge in [-0.15, -0.1) is 0 Å². The standard InChI is InChI=1S/C15H17N3O5/c1-10(17-13(20)11-5-3-2-4-6-11)14(21)23-9-12(19)18-8-7-16-15(18)22/h2-6,10H,7-9H2,1H3,(H,16,22)(H,17,20)/t10-/m0/s1. The SMILES string of the molecule is C[C@H](NC(=O)c1ccccc1)C(=O)OCC(=O)N1CCNC1=O. The molecule has 1 heterocycles. The molecular formula is C15H17N3O5. The monoisotopic (exact) mass is 319 g/mol. The predicted octanol–water partition coefficient (Wildman–Crippen LogP) is -0.100. The number of esters is 1. The average molecular weight is 319 g/mol. The number of nitrogens with zero attached hydrogens (tertiary/aromatic N) is 1. The Balaban J connectivity index is 1.80. The number of carbonyl (C=O) groups excluding carboxylic acids is 4. The molecule has 1 saturated heterocycles. The van der Waals surface area contributed by atoms with Gasteiger partial charge in [-0.3, -0.25) is 14.5 Å². The largest absolute Gasteiger partial charge is 0.454 e. The van der Waals surface area contributed by atoms with Gasteiger partial charge in [-0.05, 0) is 19.1 Å². The van der Waals surface area contributed by atoms with Crippen LogP contribution in [0.3, 0.4) is 0 Å². The van der Waals surface area contributed by atoms with Crippen LogP contribution in [-0.4, -0.2) is 54.5 Å². The number of ether oxygens (including phenoxy) is 1. The van der Waals surface area contributed by atoms with E-state index in [0.29, 0.717) is 12.1 Å². The van der Waals surface area contributed by atoms with E-state index in [9.17, 15) is 19.2 Å². The van der Waals surface area contributed by atoms with Gasteiger partial charge in [0.05, 0.1) is 0 Å². The van der Waals surface area contributed by atoms with Crippen molar-refractivity contribution in [2.24, 2.45) is 0 Å². The Morgan fingerprint density at radius 3 is 2.61 bits per heavy atom. The number of nitrogens with one attached hydrogen (secondary N) is 2. The highest BCUT2D eigenvalue weighted by molar-refractivity contribution is 5.98. The van der Waals surface area contributed by atoms with Gasteiger partial charge < -0.3 is 15.4 Å². The quantitative estimate of drug-likeness (QED) is 0.737. The summed E-state index contributed by atoms with van der Waals surface area (Å²) in [6.45, 7) is 1.53. The molecule has 1 aromatic rings. The molecule has 1 atom stereocenters. The number of benzene rings is 1. The van der Waals surface area contributed by atoms with Gasteiger partial charge in [-0.2, -0.15) is 0 Å². The second-order valence-corrected chi connectivity index (χ2v) is 4.95. The number of carbonyl (C=O) groups is 4. The lowest BCUT2D eigenvalue weighted by molar-refractivity contribution is -0.152. The maximum atomic E-state index is 11.9. The van der Waals surface area contributed by atoms with Crippen LogP contribution in [0.2, 0.25) is 0 Å². The first-order valence-electron chi connectivity index (χ1n) is 7.10. The van der Waals surface area contributed by atoms with E-state index in [4.69, 9.17) is 4.74 Å². The Morgan fingerprint density at radius 1 is 1.30 bits per heavy atom. The van der Waals surface area contributed by atoms with Crippen molar-refractivity contribution in [3.05, 3.63) is 35.9 Å². The molecule has 23 heavy (non-hydrogen) atoms. The van der Waals surface area contributed by atoms with Crippen LogP contribution in [0.15, 0.2) is 30.3 Å². The third-order valence-corrected chi connectivity index (χ3v) is 3.23. The highest BCUT2D eigenvalue weighted by Crippen LogP contribution is 2.01. The average Bonchev–Trinajstić information content (AvgIpc) is 2.99. The first-order chi connectivity index (χ1) is 11.0. The smallest absolute Gasteiger partial charge is 0.328 e. The summed E-state index contributed by atoms with van der Waals surface area (Å²) in [5.41, 5.74) is 0.414. The summed E-state index contributed by atoms with van der Waals surface area (Å²) >= 11 is 0. The van der Waals surface area contributed by atoms with Crippen molar-refractivity contribution < 1.29 is 23.9 Å². The molecule has 0 aliphatic carbocycles. The minimum Gasteiger partial charge on any atom is -0.454 e. The van der Waals surface area contributed by atoms with Gasteiger partial charge in [0, 0.05) is 18.7 Å². The van der Waals surface area contributed by atoms with Gasteiger partial charge in [0.1, 0.15) is 6.04 Å². The fraction of sp³-hybridized carbons (Fsp3) is 0.333. The van der Waals surface area contributed by atoms with Crippen molar-refractivity contribution in [3.63, 3.8) is 0 Å². The van der Waals surface area contributed by atoms with Gasteiger partial charge in [0.25, 0.3) is 11.8 Å². The lowest BCUT2D eigenvalue weighted by atomic mass is 10.2. The van der Waals surface area contributed by atoms with Crippen molar-refractivity contribution in [1.29, 1.82) is 0 Å². The van der Waals surface area contributed by atoms with E-state index in [1.807, 2.05) is 0 Å². The van der Waals surface area contributed by atoms with Gasteiger partial charge in [-0.1, -0.05) is 18.2 Å². The van der Waals surface area contributed by atoms with Crippen LogP contribution in [-0.2, 0) is 14.3 Å². The lowest BCUT2D eigenvalue weighted by Gasteiger charge is -2.15. The molecule has 122 valence electrons. The van der Waals surface area contributed by atoms with Gasteiger partial charge in [0.15, 0.2) is 6.61 Å². The van der Waals surface area contributed by atoms with Crippen LogP contribution in [0.4, 0.5) is 4.79 Å². The van der Waals surface area contributed by atoms with E-state index >= 15 is 0 Å². The highest BCUT2D eigenvalue weighted by atomic mass is 16.5. The minimum atomic E-state index is -0.914.